The zero-order chi connectivity index (χ0) is 20.0. The molecule has 2 aliphatic heterocycles. The summed E-state index contributed by atoms with van der Waals surface area (Å²) in [6.07, 6.45) is 3.42. The van der Waals surface area contributed by atoms with E-state index in [4.69, 9.17) is 5.73 Å². The average Bonchev–Trinajstić information content (AvgIpc) is 3.22. The van der Waals surface area contributed by atoms with Crippen LogP contribution in [0.1, 0.15) is 59.5 Å². The van der Waals surface area contributed by atoms with E-state index in [2.05, 4.69) is 15.0 Å². The highest BCUT2D eigenvalue weighted by atomic mass is 16.2. The van der Waals surface area contributed by atoms with Crippen molar-refractivity contribution in [2.45, 2.75) is 45.2 Å². The Labute approximate surface area is 164 Å². The Balaban J connectivity index is 1.58. The summed E-state index contributed by atoms with van der Waals surface area (Å²) < 4.78 is 1.91. The maximum atomic E-state index is 12.2. The summed E-state index contributed by atoms with van der Waals surface area (Å²) in [4.78, 5) is 32.6. The Hall–Kier alpha value is -2.90. The van der Waals surface area contributed by atoms with Crippen molar-refractivity contribution in [3.05, 3.63) is 40.8 Å². The van der Waals surface area contributed by atoms with E-state index in [-0.39, 0.29) is 17.9 Å². The Bertz CT molecular complexity index is 918. The molecular weight excluding hydrogens is 356 g/mol. The number of hydrogen-bond donors (Lipinski definition) is 1. The number of nitrogens with zero attached hydrogens (tertiary/aromatic N) is 5. The number of anilines is 1. The van der Waals surface area contributed by atoms with Gasteiger partial charge in [-0.25, -0.2) is 4.98 Å². The number of likely N-dealkylation sites (tertiary alicyclic amines) is 1. The second kappa shape index (κ2) is 6.92. The van der Waals surface area contributed by atoms with E-state index in [1.54, 1.807) is 11.1 Å². The van der Waals surface area contributed by atoms with Gasteiger partial charge in [-0.15, -0.1) is 0 Å². The van der Waals surface area contributed by atoms with Crippen molar-refractivity contribution in [1.29, 1.82) is 0 Å². The highest BCUT2D eigenvalue weighted by Gasteiger charge is 2.31. The van der Waals surface area contributed by atoms with Gasteiger partial charge in [-0.1, -0.05) is 6.07 Å². The van der Waals surface area contributed by atoms with Gasteiger partial charge in [-0.05, 0) is 31.9 Å². The number of carbonyl (C=O) groups excluding carboxylic acids is 2. The Morgan fingerprint density at radius 2 is 2.07 bits per heavy atom. The number of hydrogen-bond acceptors (Lipinski definition) is 5. The molecule has 0 radical (unpaired) electrons. The van der Waals surface area contributed by atoms with Gasteiger partial charge in [-0.2, -0.15) is 5.10 Å². The number of amides is 2. The summed E-state index contributed by atoms with van der Waals surface area (Å²) in [5.74, 6) is 0.403. The quantitative estimate of drug-likeness (QED) is 0.863. The van der Waals surface area contributed by atoms with Gasteiger partial charge in [0.15, 0.2) is 5.69 Å². The molecule has 2 amide bonds. The fourth-order valence-electron chi connectivity index (χ4n) is 4.19. The minimum atomic E-state index is -0.496. The molecule has 4 rings (SSSR count). The first-order valence-corrected chi connectivity index (χ1v) is 9.72. The molecule has 2 aromatic heterocycles. The van der Waals surface area contributed by atoms with Crippen LogP contribution in [0.25, 0.3) is 0 Å². The molecule has 0 bridgehead atoms. The van der Waals surface area contributed by atoms with E-state index in [1.807, 2.05) is 37.7 Å². The topological polar surface area (TPSA) is 97.4 Å². The predicted molar refractivity (Wildman–Crippen MR) is 105 cm³/mol. The molecule has 0 aromatic carbocycles. The lowest BCUT2D eigenvalue weighted by Gasteiger charge is -2.29. The summed E-state index contributed by atoms with van der Waals surface area (Å²) >= 11 is 0. The minimum Gasteiger partial charge on any atom is -0.364 e. The van der Waals surface area contributed by atoms with Crippen LogP contribution in [0.2, 0.25) is 0 Å². The SMILES string of the molecule is CC(C)n1nc(C(N)=O)c2c1CCN(c1ccc(C3CCN(C)C3=O)cn1)C2. The van der Waals surface area contributed by atoms with Crippen LogP contribution in [-0.4, -0.2) is 51.6 Å². The number of nitrogens with two attached hydrogens (primary N) is 1. The molecule has 0 saturated carbocycles. The number of carbonyl (C=O) groups is 2. The van der Waals surface area contributed by atoms with Gasteiger partial charge in [0.1, 0.15) is 5.82 Å². The van der Waals surface area contributed by atoms with Gasteiger partial charge in [0.2, 0.25) is 5.91 Å². The Kier molecular flexibility index (Phi) is 4.56. The molecule has 2 aliphatic rings. The summed E-state index contributed by atoms with van der Waals surface area (Å²) in [6, 6.07) is 4.13. The van der Waals surface area contributed by atoms with E-state index in [1.165, 1.54) is 0 Å². The highest BCUT2D eigenvalue weighted by Crippen LogP contribution is 2.30. The molecule has 2 N–H and O–H groups in total. The lowest BCUT2D eigenvalue weighted by Crippen LogP contribution is -2.32. The number of likely N-dealkylation sites (N-methyl/N-ethyl adjacent to an activating group) is 1. The molecule has 1 atom stereocenters. The molecule has 1 unspecified atom stereocenters. The summed E-state index contributed by atoms with van der Waals surface area (Å²) in [7, 11) is 1.84. The van der Waals surface area contributed by atoms with Crippen LogP contribution in [0.5, 0.6) is 0 Å². The fourth-order valence-corrected chi connectivity index (χ4v) is 4.19. The first kappa shape index (κ1) is 18.5. The third-order valence-electron chi connectivity index (χ3n) is 5.73. The van der Waals surface area contributed by atoms with E-state index in [9.17, 15) is 9.59 Å². The molecular formula is C20H26N6O2. The monoisotopic (exact) mass is 382 g/mol. The molecule has 0 aliphatic carbocycles. The molecule has 2 aromatic rings. The molecule has 8 heteroatoms. The molecule has 1 saturated heterocycles. The first-order chi connectivity index (χ1) is 13.4. The zero-order valence-corrected chi connectivity index (χ0v) is 16.6. The van der Waals surface area contributed by atoms with Gasteiger partial charge in [0.25, 0.3) is 5.91 Å². The van der Waals surface area contributed by atoms with Crippen LogP contribution < -0.4 is 10.6 Å². The number of pyridine rings is 1. The lowest BCUT2D eigenvalue weighted by atomic mass is 9.99. The van der Waals surface area contributed by atoms with Crippen LogP contribution in [0.3, 0.4) is 0 Å². The van der Waals surface area contributed by atoms with Crippen LogP contribution in [0, 0.1) is 0 Å². The third kappa shape index (κ3) is 3.02. The highest BCUT2D eigenvalue weighted by molar-refractivity contribution is 5.92. The van der Waals surface area contributed by atoms with Gasteiger partial charge in [0, 0.05) is 56.6 Å². The van der Waals surface area contributed by atoms with Gasteiger partial charge >= 0.3 is 0 Å². The molecule has 8 nitrogen and oxygen atoms in total. The van der Waals surface area contributed by atoms with Crippen molar-refractivity contribution in [2.75, 3.05) is 25.0 Å². The van der Waals surface area contributed by atoms with Crippen molar-refractivity contribution >= 4 is 17.6 Å². The largest absolute Gasteiger partial charge is 0.364 e. The number of rotatable bonds is 4. The van der Waals surface area contributed by atoms with Crippen LogP contribution >= 0.6 is 0 Å². The number of aromatic nitrogens is 3. The van der Waals surface area contributed by atoms with Crippen molar-refractivity contribution in [3.8, 4) is 0 Å². The molecule has 148 valence electrons. The first-order valence-electron chi connectivity index (χ1n) is 9.72. The van der Waals surface area contributed by atoms with E-state index in [0.717, 1.165) is 48.6 Å². The predicted octanol–water partition coefficient (Wildman–Crippen LogP) is 1.47. The zero-order valence-electron chi connectivity index (χ0n) is 16.6. The lowest BCUT2D eigenvalue weighted by molar-refractivity contribution is -0.127. The molecule has 0 spiro atoms. The Morgan fingerprint density at radius 1 is 1.29 bits per heavy atom. The normalized spacial score (nSPS) is 19.4. The summed E-state index contributed by atoms with van der Waals surface area (Å²) in [6.45, 7) is 6.23. The van der Waals surface area contributed by atoms with E-state index < -0.39 is 5.91 Å². The van der Waals surface area contributed by atoms with Crippen LogP contribution in [0.15, 0.2) is 18.3 Å². The van der Waals surface area contributed by atoms with Crippen LogP contribution in [0.4, 0.5) is 5.82 Å². The van der Waals surface area contributed by atoms with Gasteiger partial charge < -0.3 is 15.5 Å². The maximum Gasteiger partial charge on any atom is 0.269 e. The van der Waals surface area contributed by atoms with Crippen LogP contribution in [-0.2, 0) is 17.8 Å². The van der Waals surface area contributed by atoms with Gasteiger partial charge in [0.05, 0.1) is 5.92 Å². The van der Waals surface area contributed by atoms with E-state index >= 15 is 0 Å². The molecule has 1 fully saturated rings. The standard InChI is InChI=1S/C20H26N6O2/c1-12(2)26-16-7-9-25(11-15(16)18(23-26)19(21)27)17-5-4-13(10-22-17)14-6-8-24(3)20(14)28/h4-5,10,12,14H,6-9,11H2,1-3H3,(H2,21,27). The molecule has 4 heterocycles. The minimum absolute atomic E-state index is 0.0924. The van der Waals surface area contributed by atoms with E-state index in [0.29, 0.717) is 12.2 Å². The Morgan fingerprint density at radius 3 is 2.64 bits per heavy atom. The smallest absolute Gasteiger partial charge is 0.269 e. The second-order valence-corrected chi connectivity index (χ2v) is 7.90. The summed E-state index contributed by atoms with van der Waals surface area (Å²) in [5.41, 5.74) is 8.85. The van der Waals surface area contributed by atoms with Crippen molar-refractivity contribution in [2.24, 2.45) is 5.73 Å². The molecule has 28 heavy (non-hydrogen) atoms. The van der Waals surface area contributed by atoms with Crippen molar-refractivity contribution in [1.82, 2.24) is 19.7 Å². The summed E-state index contributed by atoms with van der Waals surface area (Å²) in [5, 5.41) is 4.45. The second-order valence-electron chi connectivity index (χ2n) is 7.90. The maximum absolute atomic E-state index is 12.2. The number of fused-ring (bicyclic) bond motifs is 1. The van der Waals surface area contributed by atoms with Crippen molar-refractivity contribution < 1.29 is 9.59 Å². The van der Waals surface area contributed by atoms with Gasteiger partial charge in [-0.3, -0.25) is 14.3 Å². The van der Waals surface area contributed by atoms with Crippen molar-refractivity contribution in [3.63, 3.8) is 0 Å². The third-order valence-corrected chi connectivity index (χ3v) is 5.73. The number of primary amides is 1. The fraction of sp³-hybridized carbons (Fsp3) is 0.500. The average molecular weight is 382 g/mol.